The van der Waals surface area contributed by atoms with Crippen LogP contribution < -0.4 is 20.4 Å². The van der Waals surface area contributed by atoms with Crippen molar-refractivity contribution in [3.8, 4) is 0 Å². The molecule has 254 valence electrons. The molecular weight excluding hydrogens is 584 g/mol. The summed E-state index contributed by atoms with van der Waals surface area (Å²) in [6.45, 7) is 2.33. The van der Waals surface area contributed by atoms with Crippen LogP contribution in [0.1, 0.15) is 84.0 Å². The highest BCUT2D eigenvalue weighted by molar-refractivity contribution is 5.91. The van der Waals surface area contributed by atoms with Gasteiger partial charge in [0.15, 0.2) is 0 Å². The summed E-state index contributed by atoms with van der Waals surface area (Å²) in [5.74, 6) is 2.64. The first-order chi connectivity index (χ1) is 22.6. The van der Waals surface area contributed by atoms with Gasteiger partial charge in [0.2, 0.25) is 0 Å². The van der Waals surface area contributed by atoms with E-state index in [2.05, 4.69) is 61.4 Å². The third-order valence-electron chi connectivity index (χ3n) is 12.7. The SMILES string of the molecule is CN(C)c1ccc(NC(=O)N(C2CCCC(C)(N(C(=O)Nc3ccc(N(C)C)cc3)C3CC4CCC3C4)C2)C2CC3CCC2C3)cc1. The number of urea groups is 2. The molecule has 0 aromatic heterocycles. The van der Waals surface area contributed by atoms with Gasteiger partial charge in [-0.05, 0) is 143 Å². The van der Waals surface area contributed by atoms with E-state index in [4.69, 9.17) is 0 Å². The molecule has 2 aromatic rings. The lowest BCUT2D eigenvalue weighted by Crippen LogP contribution is -2.62. The summed E-state index contributed by atoms with van der Waals surface area (Å²) in [6, 6.07) is 17.0. The molecule has 5 saturated carbocycles. The number of hydrogen-bond acceptors (Lipinski definition) is 4. The number of amides is 4. The molecule has 5 fully saturated rings. The minimum absolute atomic E-state index is 0.0280. The van der Waals surface area contributed by atoms with E-state index in [-0.39, 0.29) is 35.7 Å². The smallest absolute Gasteiger partial charge is 0.322 e. The number of benzene rings is 2. The zero-order valence-corrected chi connectivity index (χ0v) is 29.3. The summed E-state index contributed by atoms with van der Waals surface area (Å²) >= 11 is 0. The predicted molar refractivity (Wildman–Crippen MR) is 192 cm³/mol. The van der Waals surface area contributed by atoms with E-state index < -0.39 is 0 Å². The maximum atomic E-state index is 14.5. The first-order valence-corrected chi connectivity index (χ1v) is 18.3. The zero-order chi connectivity index (χ0) is 32.9. The third-order valence-corrected chi connectivity index (χ3v) is 12.7. The van der Waals surface area contributed by atoms with Crippen LogP contribution >= 0.6 is 0 Å². The fraction of sp³-hybridized carbons (Fsp3) is 0.641. The Bertz CT molecular complexity index is 1430. The fourth-order valence-electron chi connectivity index (χ4n) is 10.4. The van der Waals surface area contributed by atoms with Crippen LogP contribution in [0.4, 0.5) is 32.3 Å². The second kappa shape index (κ2) is 12.9. The van der Waals surface area contributed by atoms with Crippen molar-refractivity contribution < 1.29 is 9.59 Å². The van der Waals surface area contributed by atoms with Gasteiger partial charge in [0.25, 0.3) is 0 Å². The minimum Gasteiger partial charge on any atom is -0.378 e. The second-order valence-corrected chi connectivity index (χ2v) is 16.3. The Kier molecular flexibility index (Phi) is 8.81. The Morgan fingerprint density at radius 2 is 1.17 bits per heavy atom. The molecule has 0 aliphatic heterocycles. The molecule has 7 rings (SSSR count). The van der Waals surface area contributed by atoms with Crippen molar-refractivity contribution >= 4 is 34.8 Å². The molecule has 5 aliphatic rings. The van der Waals surface area contributed by atoms with Crippen LogP contribution in [0.3, 0.4) is 0 Å². The topological polar surface area (TPSA) is 71.2 Å². The molecule has 0 saturated heterocycles. The van der Waals surface area contributed by atoms with Crippen LogP contribution in [0.25, 0.3) is 0 Å². The quantitative estimate of drug-likeness (QED) is 0.305. The molecule has 8 nitrogen and oxygen atoms in total. The molecule has 0 heterocycles. The highest BCUT2D eigenvalue weighted by atomic mass is 16.2. The van der Waals surface area contributed by atoms with Crippen molar-refractivity contribution in [2.45, 2.75) is 108 Å². The van der Waals surface area contributed by atoms with Gasteiger partial charge >= 0.3 is 12.1 Å². The molecular formula is C39H56N6O2. The summed E-state index contributed by atoms with van der Waals surface area (Å²) in [4.78, 5) is 37.6. The summed E-state index contributed by atoms with van der Waals surface area (Å²) in [5.41, 5.74) is 3.59. The number of fused-ring (bicyclic) bond motifs is 4. The monoisotopic (exact) mass is 640 g/mol. The average molecular weight is 641 g/mol. The second-order valence-electron chi connectivity index (χ2n) is 16.3. The van der Waals surface area contributed by atoms with Crippen molar-refractivity contribution in [1.82, 2.24) is 9.80 Å². The molecule has 2 aromatic carbocycles. The molecule has 8 unspecified atom stereocenters. The van der Waals surface area contributed by atoms with E-state index in [1.165, 1.54) is 38.5 Å². The minimum atomic E-state index is -0.324. The summed E-state index contributed by atoms with van der Waals surface area (Å²) in [5, 5.41) is 6.64. The predicted octanol–water partition coefficient (Wildman–Crippen LogP) is 8.27. The van der Waals surface area contributed by atoms with Crippen LogP contribution in [0.2, 0.25) is 0 Å². The largest absolute Gasteiger partial charge is 0.378 e. The fourth-order valence-corrected chi connectivity index (χ4v) is 10.4. The number of carbonyl (C=O) groups is 2. The first kappa shape index (κ1) is 32.1. The molecule has 2 N–H and O–H groups in total. The van der Waals surface area contributed by atoms with E-state index in [0.29, 0.717) is 11.8 Å². The van der Waals surface area contributed by atoms with Gasteiger partial charge in [-0.25, -0.2) is 9.59 Å². The maximum absolute atomic E-state index is 14.5. The number of carbonyl (C=O) groups excluding carboxylic acids is 2. The van der Waals surface area contributed by atoms with Crippen molar-refractivity contribution in [1.29, 1.82) is 0 Å². The van der Waals surface area contributed by atoms with E-state index in [1.807, 2.05) is 52.5 Å². The number of rotatable bonds is 8. The van der Waals surface area contributed by atoms with Gasteiger partial charge in [-0.15, -0.1) is 0 Å². The van der Waals surface area contributed by atoms with Crippen LogP contribution in [0.5, 0.6) is 0 Å². The van der Waals surface area contributed by atoms with Gasteiger partial charge in [-0.2, -0.15) is 0 Å². The maximum Gasteiger partial charge on any atom is 0.322 e. The van der Waals surface area contributed by atoms with Crippen molar-refractivity contribution in [3.63, 3.8) is 0 Å². The van der Waals surface area contributed by atoms with Crippen molar-refractivity contribution in [3.05, 3.63) is 48.5 Å². The molecule has 0 spiro atoms. The average Bonchev–Trinajstić information content (AvgIpc) is 3.86. The van der Waals surface area contributed by atoms with Crippen LogP contribution in [-0.4, -0.2) is 73.7 Å². The van der Waals surface area contributed by atoms with Gasteiger partial charge in [0.1, 0.15) is 0 Å². The highest BCUT2D eigenvalue weighted by Crippen LogP contribution is 2.52. The zero-order valence-electron chi connectivity index (χ0n) is 29.3. The molecule has 47 heavy (non-hydrogen) atoms. The molecule has 8 atom stereocenters. The third kappa shape index (κ3) is 6.41. The normalized spacial score (nSPS) is 32.2. The molecule has 4 bridgehead atoms. The summed E-state index contributed by atoms with van der Waals surface area (Å²) in [7, 11) is 8.13. The van der Waals surface area contributed by atoms with Crippen LogP contribution in [0, 0.1) is 23.7 Å². The van der Waals surface area contributed by atoms with Gasteiger partial charge in [0.05, 0.1) is 0 Å². The summed E-state index contributed by atoms with van der Waals surface area (Å²) in [6.07, 6.45) is 13.6. The van der Waals surface area contributed by atoms with E-state index in [9.17, 15) is 9.59 Å². The standard InChI is InChI=1S/C39H56N6O2/c1-39(45(36-24-27-9-11-29(36)22-27)38(47)41-31-14-18-33(19-15-31)43(4)5)20-6-7-34(25-39)44(35-23-26-8-10-28(35)21-26)37(46)40-30-12-16-32(17-13-30)42(2)3/h12-19,26-29,34-36H,6-11,20-25H2,1-5H3,(H,40,46)(H,41,47). The Hall–Kier alpha value is -3.42. The first-order valence-electron chi connectivity index (χ1n) is 18.3. The molecule has 8 heteroatoms. The summed E-state index contributed by atoms with van der Waals surface area (Å²) < 4.78 is 0. The molecule has 4 amide bonds. The lowest BCUT2D eigenvalue weighted by molar-refractivity contribution is 0.00814. The van der Waals surface area contributed by atoms with Crippen molar-refractivity contribution in [2.24, 2.45) is 23.7 Å². The molecule has 0 radical (unpaired) electrons. The number of nitrogens with one attached hydrogen (secondary N) is 2. The van der Waals surface area contributed by atoms with Gasteiger partial charge in [-0.3, -0.25) is 0 Å². The molecule has 5 aliphatic carbocycles. The Labute approximate surface area is 282 Å². The number of anilines is 4. The van der Waals surface area contributed by atoms with Crippen molar-refractivity contribution in [2.75, 3.05) is 48.6 Å². The van der Waals surface area contributed by atoms with Gasteiger partial charge < -0.3 is 30.2 Å². The van der Waals surface area contributed by atoms with Crippen LogP contribution in [-0.2, 0) is 0 Å². The van der Waals surface area contributed by atoms with E-state index >= 15 is 0 Å². The Morgan fingerprint density at radius 1 is 0.660 bits per heavy atom. The number of nitrogens with zero attached hydrogens (tertiary/aromatic N) is 4. The lowest BCUT2D eigenvalue weighted by Gasteiger charge is -2.53. The Morgan fingerprint density at radius 3 is 1.64 bits per heavy atom. The van der Waals surface area contributed by atoms with Gasteiger partial charge in [0, 0.05) is 74.6 Å². The van der Waals surface area contributed by atoms with Gasteiger partial charge in [-0.1, -0.05) is 12.8 Å². The van der Waals surface area contributed by atoms with E-state index in [1.54, 1.807) is 0 Å². The highest BCUT2D eigenvalue weighted by Gasteiger charge is 2.53. The van der Waals surface area contributed by atoms with E-state index in [0.717, 1.165) is 73.1 Å². The van der Waals surface area contributed by atoms with Crippen LogP contribution in [0.15, 0.2) is 48.5 Å². The number of hydrogen-bond donors (Lipinski definition) is 2. The Balaban J connectivity index is 1.15. The lowest BCUT2D eigenvalue weighted by atomic mass is 9.76.